The number of quaternary nitrogens is 1. The largest absolute Gasteiger partial charge is 1.00 e. The van der Waals surface area contributed by atoms with E-state index < -0.39 is 0 Å². The minimum Gasteiger partial charge on any atom is -1.00 e. The van der Waals surface area contributed by atoms with E-state index in [1.165, 1.54) is 77.2 Å². The lowest BCUT2D eigenvalue weighted by Gasteiger charge is -2.28. The average Bonchev–Trinajstić information content (AvgIpc) is 2.36. The molecule has 0 spiro atoms. The van der Waals surface area contributed by atoms with Crippen LogP contribution in [0.1, 0.15) is 77.6 Å². The standard InChI is InChI=1S/C17H37ClN.ClH/c1-4-5-6-7-8-9-10-11-12-13-14-16-19(2,3)17-15-18;/h4-17H2,1-3H3;1H/q+1;/p-1. The zero-order chi connectivity index (χ0) is 14.4. The lowest BCUT2D eigenvalue weighted by molar-refractivity contribution is -0.888. The lowest BCUT2D eigenvalue weighted by atomic mass is 10.1. The van der Waals surface area contributed by atoms with Crippen LogP contribution in [0.4, 0.5) is 0 Å². The van der Waals surface area contributed by atoms with Crippen LogP contribution < -0.4 is 12.4 Å². The summed E-state index contributed by atoms with van der Waals surface area (Å²) in [5.41, 5.74) is 0. The van der Waals surface area contributed by atoms with E-state index in [1.807, 2.05) is 0 Å². The molecule has 0 fully saturated rings. The summed E-state index contributed by atoms with van der Waals surface area (Å²) < 4.78 is 1.08. The van der Waals surface area contributed by atoms with Gasteiger partial charge in [-0.3, -0.25) is 0 Å². The Bertz CT molecular complexity index is 184. The van der Waals surface area contributed by atoms with Crippen LogP contribution in [-0.4, -0.2) is 37.5 Å². The Morgan fingerprint density at radius 1 is 0.650 bits per heavy atom. The van der Waals surface area contributed by atoms with Crippen molar-refractivity contribution < 1.29 is 16.9 Å². The van der Waals surface area contributed by atoms with E-state index in [0.29, 0.717) is 0 Å². The predicted molar refractivity (Wildman–Crippen MR) is 89.0 cm³/mol. The van der Waals surface area contributed by atoms with Crippen LogP contribution in [0.5, 0.6) is 0 Å². The van der Waals surface area contributed by atoms with Gasteiger partial charge in [0.2, 0.25) is 0 Å². The van der Waals surface area contributed by atoms with Gasteiger partial charge in [-0.15, -0.1) is 11.6 Å². The van der Waals surface area contributed by atoms with Crippen molar-refractivity contribution in [2.75, 3.05) is 33.1 Å². The molecule has 0 saturated heterocycles. The summed E-state index contributed by atoms with van der Waals surface area (Å²) in [4.78, 5) is 0. The van der Waals surface area contributed by atoms with Crippen molar-refractivity contribution in [1.82, 2.24) is 0 Å². The monoisotopic (exact) mass is 325 g/mol. The molecule has 0 N–H and O–H groups in total. The summed E-state index contributed by atoms with van der Waals surface area (Å²) in [6.07, 6.45) is 15.7. The molecule has 0 amide bonds. The third-order valence-electron chi connectivity index (χ3n) is 4.06. The van der Waals surface area contributed by atoms with Crippen molar-refractivity contribution in [3.8, 4) is 0 Å². The zero-order valence-corrected chi connectivity index (χ0v) is 15.6. The van der Waals surface area contributed by atoms with E-state index in [1.54, 1.807) is 0 Å². The molecule has 0 aliphatic rings. The minimum atomic E-state index is 0. The Morgan fingerprint density at radius 3 is 1.45 bits per heavy atom. The van der Waals surface area contributed by atoms with Crippen LogP contribution in [0.15, 0.2) is 0 Å². The third kappa shape index (κ3) is 16.6. The van der Waals surface area contributed by atoms with Crippen LogP contribution in [0, 0.1) is 0 Å². The number of halogens is 2. The average molecular weight is 326 g/mol. The fourth-order valence-electron chi connectivity index (χ4n) is 2.54. The second-order valence-electron chi connectivity index (χ2n) is 6.61. The van der Waals surface area contributed by atoms with E-state index in [2.05, 4.69) is 21.0 Å². The second kappa shape index (κ2) is 15.9. The fraction of sp³-hybridized carbons (Fsp3) is 1.00. The zero-order valence-electron chi connectivity index (χ0n) is 14.1. The third-order valence-corrected chi connectivity index (χ3v) is 4.23. The van der Waals surface area contributed by atoms with Crippen LogP contribution in [0.25, 0.3) is 0 Å². The summed E-state index contributed by atoms with van der Waals surface area (Å²) in [6.45, 7) is 4.66. The smallest absolute Gasteiger partial charge is 0.0920 e. The molecule has 0 aromatic rings. The highest BCUT2D eigenvalue weighted by molar-refractivity contribution is 6.17. The minimum absolute atomic E-state index is 0. The molecule has 0 aliphatic heterocycles. The fourth-order valence-corrected chi connectivity index (χ4v) is 3.00. The van der Waals surface area contributed by atoms with Gasteiger partial charge in [0.05, 0.1) is 33.1 Å². The first kappa shape index (κ1) is 22.8. The first-order valence-electron chi connectivity index (χ1n) is 8.50. The van der Waals surface area contributed by atoms with Crippen LogP contribution in [-0.2, 0) is 0 Å². The molecule has 0 atom stereocenters. The highest BCUT2D eigenvalue weighted by Gasteiger charge is 2.12. The maximum absolute atomic E-state index is 5.81. The summed E-state index contributed by atoms with van der Waals surface area (Å²) in [7, 11) is 4.58. The molecule has 0 aromatic heterocycles. The molecule has 0 heterocycles. The van der Waals surface area contributed by atoms with Gasteiger partial charge in [-0.1, -0.05) is 64.7 Å². The van der Waals surface area contributed by atoms with Crippen molar-refractivity contribution in [3.05, 3.63) is 0 Å². The normalized spacial score (nSPS) is 11.4. The van der Waals surface area contributed by atoms with E-state index in [-0.39, 0.29) is 12.4 Å². The molecule has 0 aliphatic carbocycles. The van der Waals surface area contributed by atoms with E-state index >= 15 is 0 Å². The van der Waals surface area contributed by atoms with Crippen molar-refractivity contribution in [1.29, 1.82) is 0 Å². The molecule has 20 heavy (non-hydrogen) atoms. The van der Waals surface area contributed by atoms with Crippen LogP contribution in [0.2, 0.25) is 0 Å². The van der Waals surface area contributed by atoms with Gasteiger partial charge in [-0.25, -0.2) is 0 Å². The van der Waals surface area contributed by atoms with Gasteiger partial charge in [-0.05, 0) is 12.8 Å². The number of nitrogens with zero attached hydrogens (tertiary/aromatic N) is 1. The van der Waals surface area contributed by atoms with Crippen molar-refractivity contribution in [2.24, 2.45) is 0 Å². The topological polar surface area (TPSA) is 0 Å². The number of hydrogen-bond donors (Lipinski definition) is 0. The van der Waals surface area contributed by atoms with Gasteiger partial charge < -0.3 is 16.9 Å². The number of hydrogen-bond acceptors (Lipinski definition) is 0. The second-order valence-corrected chi connectivity index (χ2v) is 6.99. The Hall–Kier alpha value is 0.540. The lowest BCUT2D eigenvalue weighted by Crippen LogP contribution is -3.00. The number of rotatable bonds is 14. The molecular formula is C17H37Cl2N. The molecule has 124 valence electrons. The maximum atomic E-state index is 5.81. The molecule has 0 unspecified atom stereocenters. The molecule has 3 heteroatoms. The molecule has 0 rings (SSSR count). The van der Waals surface area contributed by atoms with Crippen LogP contribution >= 0.6 is 11.6 Å². The Morgan fingerprint density at radius 2 is 1.05 bits per heavy atom. The van der Waals surface area contributed by atoms with E-state index in [0.717, 1.165) is 16.9 Å². The summed E-state index contributed by atoms with van der Waals surface area (Å²) in [6, 6.07) is 0. The van der Waals surface area contributed by atoms with Crippen LogP contribution in [0.3, 0.4) is 0 Å². The van der Waals surface area contributed by atoms with E-state index in [9.17, 15) is 0 Å². The molecule has 0 aromatic carbocycles. The van der Waals surface area contributed by atoms with Crippen molar-refractivity contribution in [3.63, 3.8) is 0 Å². The van der Waals surface area contributed by atoms with E-state index in [4.69, 9.17) is 11.6 Å². The molecule has 1 nitrogen and oxygen atoms in total. The van der Waals surface area contributed by atoms with Gasteiger partial charge in [0, 0.05) is 0 Å². The Kier molecular flexibility index (Phi) is 18.2. The van der Waals surface area contributed by atoms with Gasteiger partial charge in [0.1, 0.15) is 0 Å². The molecule has 0 saturated carbocycles. The molecule has 0 bridgehead atoms. The highest BCUT2D eigenvalue weighted by Crippen LogP contribution is 2.12. The summed E-state index contributed by atoms with van der Waals surface area (Å²) in [5, 5.41) is 0. The SMILES string of the molecule is CCCCCCCCCCCCC[N+](C)(C)CCCl.[Cl-]. The predicted octanol–water partition coefficient (Wildman–Crippen LogP) is 2.62. The summed E-state index contributed by atoms with van der Waals surface area (Å²) in [5.74, 6) is 0.783. The molecular weight excluding hydrogens is 289 g/mol. The number of unbranched alkanes of at least 4 members (excludes halogenated alkanes) is 10. The first-order chi connectivity index (χ1) is 9.12. The maximum Gasteiger partial charge on any atom is 0.0920 e. The Balaban J connectivity index is 0. The highest BCUT2D eigenvalue weighted by atomic mass is 35.5. The van der Waals surface area contributed by atoms with Crippen molar-refractivity contribution >= 4 is 11.6 Å². The Labute approximate surface area is 139 Å². The summed E-state index contributed by atoms with van der Waals surface area (Å²) >= 11 is 5.81. The van der Waals surface area contributed by atoms with Gasteiger partial charge in [0.25, 0.3) is 0 Å². The van der Waals surface area contributed by atoms with Gasteiger partial charge in [0.15, 0.2) is 0 Å². The van der Waals surface area contributed by atoms with Crippen molar-refractivity contribution in [2.45, 2.75) is 77.6 Å². The van der Waals surface area contributed by atoms with Gasteiger partial charge >= 0.3 is 0 Å². The first-order valence-corrected chi connectivity index (χ1v) is 9.04. The number of alkyl halides is 1. The van der Waals surface area contributed by atoms with Gasteiger partial charge in [-0.2, -0.15) is 0 Å². The quantitative estimate of drug-likeness (QED) is 0.261. The molecule has 0 radical (unpaired) electrons.